The smallest absolute Gasteiger partial charge is 0.196 e. The number of nitrogens with zero attached hydrogens (tertiary/aromatic N) is 1. The molecule has 0 radical (unpaired) electrons. The number of nitrogens with one attached hydrogen (secondary N) is 1. The van der Waals surface area contributed by atoms with Crippen molar-refractivity contribution in [1.82, 2.24) is 4.98 Å². The van der Waals surface area contributed by atoms with Crippen LogP contribution in [0.5, 0.6) is 0 Å². The number of carbonyl (C=O) groups excluding carboxylic acids is 1. The van der Waals surface area contributed by atoms with Gasteiger partial charge in [-0.05, 0) is 13.0 Å². The number of aromatic nitrogens is 1. The Hall–Kier alpha value is -2.42. The van der Waals surface area contributed by atoms with Crippen LogP contribution in [-0.2, 0) is 0 Å². The van der Waals surface area contributed by atoms with Crippen LogP contribution in [-0.4, -0.2) is 17.0 Å². The number of aliphatic imine (C=N–C) groups is 1. The van der Waals surface area contributed by atoms with Gasteiger partial charge in [-0.3, -0.25) is 9.79 Å². The molecule has 3 nitrogen and oxygen atoms in total. The van der Waals surface area contributed by atoms with Gasteiger partial charge >= 0.3 is 0 Å². The van der Waals surface area contributed by atoms with Gasteiger partial charge in [-0.25, -0.2) is 0 Å². The van der Waals surface area contributed by atoms with Crippen LogP contribution >= 0.6 is 0 Å². The molecule has 18 heavy (non-hydrogen) atoms. The fourth-order valence-electron chi connectivity index (χ4n) is 1.77. The molecule has 0 aliphatic heterocycles. The number of hydrogen-bond acceptors (Lipinski definition) is 2. The van der Waals surface area contributed by atoms with Gasteiger partial charge in [-0.1, -0.05) is 30.9 Å². The minimum Gasteiger partial charge on any atom is -0.360 e. The molecule has 90 valence electrons. The molecule has 1 heterocycles. The SMILES string of the molecule is C=C/C(=C\N=C/C)C(=O)c1c[nH]c2ccccc12. The van der Waals surface area contributed by atoms with E-state index in [9.17, 15) is 4.79 Å². The third-order valence-electron chi connectivity index (χ3n) is 2.68. The summed E-state index contributed by atoms with van der Waals surface area (Å²) < 4.78 is 0. The number of hydrogen-bond donors (Lipinski definition) is 1. The molecule has 0 fully saturated rings. The Morgan fingerprint density at radius 3 is 2.89 bits per heavy atom. The highest BCUT2D eigenvalue weighted by Crippen LogP contribution is 2.20. The first-order valence-electron chi connectivity index (χ1n) is 5.69. The topological polar surface area (TPSA) is 45.2 Å². The number of Topliss-reactive ketones (excluding diaryl/α,β-unsaturated/α-hetero) is 1. The van der Waals surface area contributed by atoms with Crippen molar-refractivity contribution in [1.29, 1.82) is 0 Å². The molecule has 2 aromatic rings. The van der Waals surface area contributed by atoms with E-state index in [1.165, 1.54) is 12.3 Å². The molecule has 0 aliphatic rings. The van der Waals surface area contributed by atoms with Crippen molar-refractivity contribution in [3.05, 3.63) is 60.5 Å². The molecule has 3 heteroatoms. The van der Waals surface area contributed by atoms with Crippen LogP contribution in [0.3, 0.4) is 0 Å². The van der Waals surface area contributed by atoms with Crippen molar-refractivity contribution in [2.75, 3.05) is 0 Å². The maximum absolute atomic E-state index is 12.3. The van der Waals surface area contributed by atoms with Gasteiger partial charge in [0.1, 0.15) is 0 Å². The molecule has 1 aromatic heterocycles. The maximum Gasteiger partial charge on any atom is 0.196 e. The molecule has 0 aliphatic carbocycles. The predicted molar refractivity (Wildman–Crippen MR) is 75.1 cm³/mol. The number of fused-ring (bicyclic) bond motifs is 1. The zero-order chi connectivity index (χ0) is 13.0. The van der Waals surface area contributed by atoms with Crippen molar-refractivity contribution < 1.29 is 4.79 Å². The highest BCUT2D eigenvalue weighted by atomic mass is 16.1. The van der Waals surface area contributed by atoms with Crippen LogP contribution in [0.15, 0.2) is 59.9 Å². The summed E-state index contributed by atoms with van der Waals surface area (Å²) >= 11 is 0. The third kappa shape index (κ3) is 2.15. The molecule has 2 rings (SSSR count). The lowest BCUT2D eigenvalue weighted by molar-refractivity contribution is 0.103. The number of carbonyl (C=O) groups is 1. The second-order valence-corrected chi connectivity index (χ2v) is 3.77. The molecule has 0 saturated heterocycles. The second-order valence-electron chi connectivity index (χ2n) is 3.77. The summed E-state index contributed by atoms with van der Waals surface area (Å²) in [5.74, 6) is -0.0759. The maximum atomic E-state index is 12.3. The molecule has 0 amide bonds. The Morgan fingerprint density at radius 2 is 2.17 bits per heavy atom. The van der Waals surface area contributed by atoms with Crippen molar-refractivity contribution in [3.63, 3.8) is 0 Å². The first-order valence-corrected chi connectivity index (χ1v) is 5.69. The van der Waals surface area contributed by atoms with Crippen LogP contribution in [0, 0.1) is 0 Å². The highest BCUT2D eigenvalue weighted by Gasteiger charge is 2.13. The Morgan fingerprint density at radius 1 is 1.39 bits per heavy atom. The van der Waals surface area contributed by atoms with Crippen LogP contribution < -0.4 is 0 Å². The summed E-state index contributed by atoms with van der Waals surface area (Å²) in [5, 5.41) is 0.913. The van der Waals surface area contributed by atoms with E-state index in [-0.39, 0.29) is 5.78 Å². The summed E-state index contributed by atoms with van der Waals surface area (Å²) in [5.41, 5.74) is 2.07. The molecule has 0 spiro atoms. The average molecular weight is 238 g/mol. The third-order valence-corrected chi connectivity index (χ3v) is 2.68. The lowest BCUT2D eigenvalue weighted by Crippen LogP contribution is -2.00. The first-order chi connectivity index (χ1) is 8.77. The number of benzene rings is 1. The molecular formula is C15H14N2O. The van der Waals surface area contributed by atoms with Gasteiger partial charge in [0.25, 0.3) is 0 Å². The van der Waals surface area contributed by atoms with Gasteiger partial charge in [0.15, 0.2) is 5.78 Å². The van der Waals surface area contributed by atoms with Gasteiger partial charge in [-0.15, -0.1) is 0 Å². The van der Waals surface area contributed by atoms with Gasteiger partial charge < -0.3 is 4.98 Å². The molecule has 0 atom stereocenters. The van der Waals surface area contributed by atoms with Crippen LogP contribution in [0.4, 0.5) is 0 Å². The fourth-order valence-corrected chi connectivity index (χ4v) is 1.77. The molecule has 0 unspecified atom stereocenters. The van der Waals surface area contributed by atoms with Gasteiger partial charge in [0.2, 0.25) is 0 Å². The lowest BCUT2D eigenvalue weighted by atomic mass is 10.0. The minimum atomic E-state index is -0.0759. The summed E-state index contributed by atoms with van der Waals surface area (Å²) in [7, 11) is 0. The highest BCUT2D eigenvalue weighted by molar-refractivity contribution is 6.17. The normalized spacial score (nSPS) is 12.2. The van der Waals surface area contributed by atoms with Crippen molar-refractivity contribution in [2.24, 2.45) is 4.99 Å². The zero-order valence-corrected chi connectivity index (χ0v) is 10.2. The quantitative estimate of drug-likeness (QED) is 0.376. The first kappa shape index (κ1) is 12.0. The molecule has 1 aromatic carbocycles. The number of para-hydroxylation sites is 1. The monoisotopic (exact) mass is 238 g/mol. The number of allylic oxidation sites excluding steroid dienone is 2. The van der Waals surface area contributed by atoms with Crippen molar-refractivity contribution in [2.45, 2.75) is 6.92 Å². The molecule has 0 saturated carbocycles. The Labute approximate surface area is 106 Å². The van der Waals surface area contributed by atoms with E-state index >= 15 is 0 Å². The second kappa shape index (κ2) is 5.27. The van der Waals surface area contributed by atoms with Gasteiger partial charge in [0.05, 0.1) is 0 Å². The summed E-state index contributed by atoms with van der Waals surface area (Å²) in [4.78, 5) is 19.4. The Bertz CT molecular complexity index is 647. The van der Waals surface area contributed by atoms with E-state index in [0.717, 1.165) is 10.9 Å². The number of aromatic amines is 1. The molecule has 0 bridgehead atoms. The van der Waals surface area contributed by atoms with Crippen LogP contribution in [0.1, 0.15) is 17.3 Å². The van der Waals surface area contributed by atoms with E-state index in [1.54, 1.807) is 19.3 Å². The van der Waals surface area contributed by atoms with Gasteiger partial charge in [-0.2, -0.15) is 0 Å². The van der Waals surface area contributed by atoms with Crippen molar-refractivity contribution >= 4 is 22.9 Å². The summed E-state index contributed by atoms with van der Waals surface area (Å²) in [6.45, 7) is 5.45. The van der Waals surface area contributed by atoms with E-state index in [0.29, 0.717) is 11.1 Å². The predicted octanol–water partition coefficient (Wildman–Crippen LogP) is 3.51. The Kier molecular flexibility index (Phi) is 3.53. The lowest BCUT2D eigenvalue weighted by Gasteiger charge is -1.98. The van der Waals surface area contributed by atoms with E-state index in [1.807, 2.05) is 24.3 Å². The minimum absolute atomic E-state index is 0.0759. The summed E-state index contributed by atoms with van der Waals surface area (Å²) in [6, 6.07) is 7.70. The average Bonchev–Trinajstić information content (AvgIpc) is 2.83. The fraction of sp³-hybridized carbons (Fsp3) is 0.0667. The molecular weight excluding hydrogens is 224 g/mol. The number of H-pyrrole nitrogens is 1. The van der Waals surface area contributed by atoms with E-state index in [4.69, 9.17) is 0 Å². The van der Waals surface area contributed by atoms with E-state index in [2.05, 4.69) is 16.6 Å². The molecule has 1 N–H and O–H groups in total. The van der Waals surface area contributed by atoms with E-state index < -0.39 is 0 Å². The van der Waals surface area contributed by atoms with Crippen LogP contribution in [0.25, 0.3) is 10.9 Å². The van der Waals surface area contributed by atoms with Crippen LogP contribution in [0.2, 0.25) is 0 Å². The Balaban J connectivity index is 2.48. The zero-order valence-electron chi connectivity index (χ0n) is 10.2. The number of rotatable bonds is 4. The largest absolute Gasteiger partial charge is 0.360 e. The van der Waals surface area contributed by atoms with Crippen molar-refractivity contribution in [3.8, 4) is 0 Å². The standard InChI is InChI=1S/C15H14N2O/c1-3-11(9-16-4-2)15(18)13-10-17-14-8-6-5-7-12(13)14/h3-10,17H,1H2,2H3/b11-9+,16-4-. The number of ketones is 1. The van der Waals surface area contributed by atoms with Gasteiger partial charge in [0, 0.05) is 40.7 Å². The summed E-state index contributed by atoms with van der Waals surface area (Å²) in [6.07, 6.45) is 6.40.